The summed E-state index contributed by atoms with van der Waals surface area (Å²) in [5.41, 5.74) is 0.560. The van der Waals surface area contributed by atoms with E-state index in [9.17, 15) is 4.79 Å². The second kappa shape index (κ2) is 5.68. The van der Waals surface area contributed by atoms with Gasteiger partial charge in [0.05, 0.1) is 18.8 Å². The molecular formula is C13H17NO3. The first kappa shape index (κ1) is 11.9. The minimum absolute atomic E-state index is 0.290. The number of benzene rings is 1. The van der Waals surface area contributed by atoms with Crippen molar-refractivity contribution in [1.29, 1.82) is 0 Å². The predicted octanol–water partition coefficient (Wildman–Crippen LogP) is 1.46. The molecule has 1 aliphatic heterocycles. The first-order valence-electron chi connectivity index (χ1n) is 5.90. The third-order valence-corrected chi connectivity index (χ3v) is 2.72. The van der Waals surface area contributed by atoms with Gasteiger partial charge in [0, 0.05) is 19.0 Å². The van der Waals surface area contributed by atoms with Gasteiger partial charge in [0.25, 0.3) is 0 Å². The van der Waals surface area contributed by atoms with E-state index in [-0.39, 0.29) is 5.97 Å². The summed E-state index contributed by atoms with van der Waals surface area (Å²) in [7, 11) is 0. The van der Waals surface area contributed by atoms with Crippen molar-refractivity contribution in [3.8, 4) is 5.75 Å². The smallest absolute Gasteiger partial charge is 0.338 e. The van der Waals surface area contributed by atoms with Gasteiger partial charge in [0.15, 0.2) is 0 Å². The molecule has 1 aromatic carbocycles. The molecule has 0 spiro atoms. The minimum Gasteiger partial charge on any atom is -0.493 e. The van der Waals surface area contributed by atoms with E-state index in [0.29, 0.717) is 18.1 Å². The number of carbonyl (C=O) groups is 1. The number of rotatable bonds is 5. The molecule has 1 heterocycles. The fraction of sp³-hybridized carbons (Fsp3) is 0.462. The Hall–Kier alpha value is -1.55. The van der Waals surface area contributed by atoms with Crippen LogP contribution >= 0.6 is 0 Å². The Balaban J connectivity index is 1.85. The van der Waals surface area contributed by atoms with E-state index >= 15 is 0 Å². The largest absolute Gasteiger partial charge is 0.493 e. The summed E-state index contributed by atoms with van der Waals surface area (Å²) in [5, 5.41) is 3.19. The standard InChI is InChI=1S/C13H17NO3/c1-2-16-13(15)11-3-5-12(6-4-11)17-9-10-7-14-8-10/h3-6,10,14H,2,7-9H2,1H3. The van der Waals surface area contributed by atoms with Crippen molar-refractivity contribution < 1.29 is 14.3 Å². The van der Waals surface area contributed by atoms with Gasteiger partial charge in [-0.25, -0.2) is 4.79 Å². The van der Waals surface area contributed by atoms with E-state index in [1.165, 1.54) is 0 Å². The van der Waals surface area contributed by atoms with Crippen LogP contribution in [0.3, 0.4) is 0 Å². The van der Waals surface area contributed by atoms with Crippen LogP contribution in [-0.4, -0.2) is 32.3 Å². The lowest BCUT2D eigenvalue weighted by atomic mass is 10.1. The fourth-order valence-corrected chi connectivity index (χ4v) is 1.58. The fourth-order valence-electron chi connectivity index (χ4n) is 1.58. The van der Waals surface area contributed by atoms with E-state index in [4.69, 9.17) is 9.47 Å². The van der Waals surface area contributed by atoms with E-state index < -0.39 is 0 Å². The maximum atomic E-state index is 11.4. The molecule has 2 rings (SSSR count). The van der Waals surface area contributed by atoms with Crippen molar-refractivity contribution >= 4 is 5.97 Å². The van der Waals surface area contributed by atoms with Crippen LogP contribution in [0.2, 0.25) is 0 Å². The Labute approximate surface area is 101 Å². The Morgan fingerprint density at radius 3 is 2.59 bits per heavy atom. The lowest BCUT2D eigenvalue weighted by Crippen LogP contribution is -2.45. The SMILES string of the molecule is CCOC(=O)c1ccc(OCC2CNC2)cc1. The Morgan fingerprint density at radius 1 is 1.35 bits per heavy atom. The van der Waals surface area contributed by atoms with Gasteiger partial charge in [-0.15, -0.1) is 0 Å². The molecule has 1 aliphatic rings. The first-order chi connectivity index (χ1) is 8.29. The Kier molecular flexibility index (Phi) is 3.98. The molecule has 0 aliphatic carbocycles. The van der Waals surface area contributed by atoms with Gasteiger partial charge in [0.1, 0.15) is 5.75 Å². The van der Waals surface area contributed by atoms with Crippen LogP contribution < -0.4 is 10.1 Å². The molecule has 0 radical (unpaired) electrons. The van der Waals surface area contributed by atoms with Crippen molar-refractivity contribution in [2.45, 2.75) is 6.92 Å². The zero-order chi connectivity index (χ0) is 12.1. The van der Waals surface area contributed by atoms with Crippen LogP contribution in [0, 0.1) is 5.92 Å². The summed E-state index contributed by atoms with van der Waals surface area (Å²) in [6, 6.07) is 7.06. The molecule has 1 aromatic rings. The first-order valence-corrected chi connectivity index (χ1v) is 5.90. The number of ether oxygens (including phenoxy) is 2. The number of carbonyl (C=O) groups excluding carboxylic acids is 1. The molecule has 17 heavy (non-hydrogen) atoms. The highest BCUT2D eigenvalue weighted by Gasteiger charge is 2.17. The van der Waals surface area contributed by atoms with Crippen LogP contribution in [0.1, 0.15) is 17.3 Å². The monoisotopic (exact) mass is 235 g/mol. The van der Waals surface area contributed by atoms with E-state index in [1.54, 1.807) is 31.2 Å². The van der Waals surface area contributed by atoms with Gasteiger partial charge >= 0.3 is 5.97 Å². The lowest BCUT2D eigenvalue weighted by Gasteiger charge is -2.26. The van der Waals surface area contributed by atoms with E-state index in [1.807, 2.05) is 0 Å². The molecular weight excluding hydrogens is 218 g/mol. The van der Waals surface area contributed by atoms with Gasteiger partial charge in [-0.3, -0.25) is 0 Å². The zero-order valence-electron chi connectivity index (χ0n) is 9.94. The molecule has 0 atom stereocenters. The molecule has 0 saturated carbocycles. The maximum absolute atomic E-state index is 11.4. The average molecular weight is 235 g/mol. The van der Waals surface area contributed by atoms with Crippen molar-refractivity contribution in [3.63, 3.8) is 0 Å². The van der Waals surface area contributed by atoms with Crippen LogP contribution in [0.5, 0.6) is 5.75 Å². The molecule has 4 nitrogen and oxygen atoms in total. The van der Waals surface area contributed by atoms with Gasteiger partial charge < -0.3 is 14.8 Å². The van der Waals surface area contributed by atoms with Crippen molar-refractivity contribution in [2.24, 2.45) is 5.92 Å². The second-order valence-electron chi connectivity index (χ2n) is 4.08. The van der Waals surface area contributed by atoms with Gasteiger partial charge in [0.2, 0.25) is 0 Å². The van der Waals surface area contributed by atoms with Crippen molar-refractivity contribution in [3.05, 3.63) is 29.8 Å². The highest BCUT2D eigenvalue weighted by Crippen LogP contribution is 2.15. The third kappa shape index (κ3) is 3.20. The zero-order valence-corrected chi connectivity index (χ0v) is 9.94. The summed E-state index contributed by atoms with van der Waals surface area (Å²) >= 11 is 0. The second-order valence-corrected chi connectivity index (χ2v) is 4.08. The average Bonchev–Trinajstić information content (AvgIpc) is 2.28. The Morgan fingerprint density at radius 2 is 2.06 bits per heavy atom. The summed E-state index contributed by atoms with van der Waals surface area (Å²) in [6.45, 7) is 4.97. The van der Waals surface area contributed by atoms with E-state index in [0.717, 1.165) is 25.4 Å². The van der Waals surface area contributed by atoms with Crippen LogP contribution in [0.15, 0.2) is 24.3 Å². The lowest BCUT2D eigenvalue weighted by molar-refractivity contribution is 0.0526. The third-order valence-electron chi connectivity index (χ3n) is 2.72. The molecule has 0 aromatic heterocycles. The Bertz CT molecular complexity index is 371. The molecule has 0 amide bonds. The number of esters is 1. The summed E-state index contributed by atoms with van der Waals surface area (Å²) in [5.74, 6) is 1.12. The van der Waals surface area contributed by atoms with Crippen LogP contribution in [0.4, 0.5) is 0 Å². The number of nitrogens with one attached hydrogen (secondary N) is 1. The topological polar surface area (TPSA) is 47.6 Å². The molecule has 0 unspecified atom stereocenters. The molecule has 0 bridgehead atoms. The summed E-state index contributed by atoms with van der Waals surface area (Å²) < 4.78 is 10.5. The highest BCUT2D eigenvalue weighted by molar-refractivity contribution is 5.89. The van der Waals surface area contributed by atoms with Crippen LogP contribution in [0.25, 0.3) is 0 Å². The summed E-state index contributed by atoms with van der Waals surface area (Å²) in [4.78, 5) is 11.4. The number of hydrogen-bond acceptors (Lipinski definition) is 4. The van der Waals surface area contributed by atoms with Crippen molar-refractivity contribution in [1.82, 2.24) is 5.32 Å². The molecule has 1 fully saturated rings. The normalized spacial score (nSPS) is 15.1. The minimum atomic E-state index is -0.290. The highest BCUT2D eigenvalue weighted by atomic mass is 16.5. The molecule has 1 saturated heterocycles. The quantitative estimate of drug-likeness (QED) is 0.785. The maximum Gasteiger partial charge on any atom is 0.338 e. The van der Waals surface area contributed by atoms with Gasteiger partial charge in [-0.2, -0.15) is 0 Å². The number of hydrogen-bond donors (Lipinski definition) is 1. The van der Waals surface area contributed by atoms with E-state index in [2.05, 4.69) is 5.32 Å². The summed E-state index contributed by atoms with van der Waals surface area (Å²) in [6.07, 6.45) is 0. The van der Waals surface area contributed by atoms with Gasteiger partial charge in [-0.1, -0.05) is 0 Å². The van der Waals surface area contributed by atoms with Crippen molar-refractivity contribution in [2.75, 3.05) is 26.3 Å². The molecule has 4 heteroatoms. The molecule has 92 valence electrons. The molecule has 1 N–H and O–H groups in total. The van der Waals surface area contributed by atoms with Crippen LogP contribution in [-0.2, 0) is 4.74 Å². The van der Waals surface area contributed by atoms with Gasteiger partial charge in [-0.05, 0) is 31.2 Å². The predicted molar refractivity (Wildman–Crippen MR) is 64.3 cm³/mol.